The zero-order valence-corrected chi connectivity index (χ0v) is 14.3. The van der Waals surface area contributed by atoms with Crippen LogP contribution in [0.3, 0.4) is 0 Å². The van der Waals surface area contributed by atoms with E-state index in [9.17, 15) is 4.79 Å². The van der Waals surface area contributed by atoms with E-state index in [2.05, 4.69) is 17.3 Å². The second kappa shape index (κ2) is 6.76. The molecule has 1 aromatic rings. The Kier molecular flexibility index (Phi) is 4.50. The predicted molar refractivity (Wildman–Crippen MR) is 89.5 cm³/mol. The highest BCUT2D eigenvalue weighted by Gasteiger charge is 2.42. The summed E-state index contributed by atoms with van der Waals surface area (Å²) in [5, 5.41) is 3.11. The molecule has 2 saturated heterocycles. The molecule has 1 N–H and O–H groups in total. The van der Waals surface area contributed by atoms with Crippen molar-refractivity contribution in [1.82, 2.24) is 15.1 Å². The number of hydrogen-bond acceptors (Lipinski definition) is 4. The van der Waals surface area contributed by atoms with Crippen molar-refractivity contribution in [3.8, 4) is 0 Å². The van der Waals surface area contributed by atoms with Crippen molar-refractivity contribution in [1.29, 1.82) is 0 Å². The van der Waals surface area contributed by atoms with Gasteiger partial charge in [0.25, 0.3) is 0 Å². The maximum Gasteiger partial charge on any atom is 0.317 e. The molecule has 3 atom stereocenters. The summed E-state index contributed by atoms with van der Waals surface area (Å²) >= 11 is 0. The van der Waals surface area contributed by atoms with Gasteiger partial charge < -0.3 is 19.4 Å². The zero-order chi connectivity index (χ0) is 16.5. The third-order valence-corrected chi connectivity index (χ3v) is 5.50. The van der Waals surface area contributed by atoms with Crippen molar-refractivity contribution in [2.45, 2.75) is 38.0 Å². The topological polar surface area (TPSA) is 58.0 Å². The summed E-state index contributed by atoms with van der Waals surface area (Å²) in [7, 11) is 2.10. The second-order valence-electron chi connectivity index (χ2n) is 7.53. The van der Waals surface area contributed by atoms with E-state index in [-0.39, 0.29) is 12.1 Å². The summed E-state index contributed by atoms with van der Waals surface area (Å²) < 4.78 is 11.5. The SMILES string of the molecule is CN(Cc1ccco1)C[C@@H]1OC[C@H]2CCN(C(=O)NC3CC3)C[C@H]21. The number of nitrogens with zero attached hydrogens (tertiary/aromatic N) is 2. The average molecular weight is 333 g/mol. The first kappa shape index (κ1) is 16.0. The molecule has 1 aromatic heterocycles. The minimum atomic E-state index is 0.116. The number of furan rings is 1. The van der Waals surface area contributed by atoms with Crippen LogP contribution < -0.4 is 5.32 Å². The zero-order valence-electron chi connectivity index (χ0n) is 14.3. The van der Waals surface area contributed by atoms with E-state index >= 15 is 0 Å². The van der Waals surface area contributed by atoms with E-state index in [1.54, 1.807) is 6.26 Å². The summed E-state index contributed by atoms with van der Waals surface area (Å²) in [6, 6.07) is 4.46. The number of urea groups is 1. The molecule has 0 bridgehead atoms. The van der Waals surface area contributed by atoms with Crippen LogP contribution in [0, 0.1) is 11.8 Å². The molecular formula is C18H27N3O3. The standard InChI is InChI=1S/C18H27N3O3/c1-20(9-15-3-2-8-23-15)11-17-16-10-21(7-6-13(16)12-24-17)18(22)19-14-4-5-14/h2-3,8,13-14,16-17H,4-7,9-12H2,1H3,(H,19,22)/t13-,16-,17+/m1/s1. The van der Waals surface area contributed by atoms with Crippen LogP contribution in [0.2, 0.25) is 0 Å². The van der Waals surface area contributed by atoms with E-state index in [4.69, 9.17) is 9.15 Å². The van der Waals surface area contributed by atoms with Gasteiger partial charge in [-0.3, -0.25) is 4.90 Å². The molecule has 6 heteroatoms. The number of carbonyl (C=O) groups is 1. The lowest BCUT2D eigenvalue weighted by Crippen LogP contribution is -2.50. The third-order valence-electron chi connectivity index (χ3n) is 5.50. The molecule has 2 amide bonds. The molecule has 132 valence electrons. The van der Waals surface area contributed by atoms with Crippen LogP contribution in [0.1, 0.15) is 25.0 Å². The Balaban J connectivity index is 1.32. The van der Waals surface area contributed by atoms with Gasteiger partial charge in [-0.1, -0.05) is 0 Å². The molecular weight excluding hydrogens is 306 g/mol. The highest BCUT2D eigenvalue weighted by molar-refractivity contribution is 5.75. The van der Waals surface area contributed by atoms with Gasteiger partial charge in [0, 0.05) is 31.6 Å². The maximum absolute atomic E-state index is 12.3. The number of hydrogen-bond donors (Lipinski definition) is 1. The Labute approximate surface area is 143 Å². The van der Waals surface area contributed by atoms with Crippen molar-refractivity contribution in [2.75, 3.05) is 33.3 Å². The Bertz CT molecular complexity index is 558. The quantitative estimate of drug-likeness (QED) is 0.894. The van der Waals surface area contributed by atoms with Crippen molar-refractivity contribution in [2.24, 2.45) is 11.8 Å². The van der Waals surface area contributed by atoms with Crippen LogP contribution in [0.4, 0.5) is 4.79 Å². The summed E-state index contributed by atoms with van der Waals surface area (Å²) in [5.41, 5.74) is 0. The van der Waals surface area contributed by atoms with Gasteiger partial charge in [0.2, 0.25) is 0 Å². The largest absolute Gasteiger partial charge is 0.468 e. The van der Waals surface area contributed by atoms with Gasteiger partial charge in [0.15, 0.2) is 0 Å². The normalized spacial score (nSPS) is 29.8. The van der Waals surface area contributed by atoms with E-state index in [1.807, 2.05) is 17.0 Å². The molecule has 24 heavy (non-hydrogen) atoms. The summed E-state index contributed by atoms with van der Waals surface area (Å²) in [5.74, 6) is 2.01. The van der Waals surface area contributed by atoms with Gasteiger partial charge in [0.05, 0.1) is 25.5 Å². The number of nitrogens with one attached hydrogen (secondary N) is 1. The maximum atomic E-state index is 12.3. The monoisotopic (exact) mass is 333 g/mol. The Morgan fingerprint density at radius 1 is 1.42 bits per heavy atom. The molecule has 1 aliphatic carbocycles. The first-order valence-electron chi connectivity index (χ1n) is 9.07. The van der Waals surface area contributed by atoms with Crippen LogP contribution in [0.25, 0.3) is 0 Å². The second-order valence-corrected chi connectivity index (χ2v) is 7.53. The highest BCUT2D eigenvalue weighted by atomic mass is 16.5. The summed E-state index contributed by atoms with van der Waals surface area (Å²) in [6.45, 7) is 4.18. The van der Waals surface area contributed by atoms with E-state index in [0.717, 1.165) is 57.8 Å². The molecule has 0 spiro atoms. The lowest BCUT2D eigenvalue weighted by Gasteiger charge is -2.36. The van der Waals surface area contributed by atoms with Crippen molar-refractivity contribution in [3.63, 3.8) is 0 Å². The minimum Gasteiger partial charge on any atom is -0.468 e. The molecule has 1 saturated carbocycles. The smallest absolute Gasteiger partial charge is 0.317 e. The fourth-order valence-corrected chi connectivity index (χ4v) is 3.94. The lowest BCUT2D eigenvalue weighted by molar-refractivity contribution is 0.0510. The first-order chi connectivity index (χ1) is 11.7. The van der Waals surface area contributed by atoms with Gasteiger partial charge in [-0.2, -0.15) is 0 Å². The fourth-order valence-electron chi connectivity index (χ4n) is 3.94. The lowest BCUT2D eigenvalue weighted by atomic mass is 9.84. The number of piperidine rings is 1. The minimum absolute atomic E-state index is 0.116. The average Bonchev–Trinajstić information content (AvgIpc) is 3.07. The van der Waals surface area contributed by atoms with Gasteiger partial charge in [-0.05, 0) is 44.4 Å². The van der Waals surface area contributed by atoms with Crippen LogP contribution in [-0.2, 0) is 11.3 Å². The number of fused-ring (bicyclic) bond motifs is 1. The molecule has 3 fully saturated rings. The van der Waals surface area contributed by atoms with E-state index in [1.165, 1.54) is 0 Å². The molecule has 0 unspecified atom stereocenters. The first-order valence-corrected chi connectivity index (χ1v) is 9.07. The number of carbonyl (C=O) groups excluding carboxylic acids is 1. The Morgan fingerprint density at radius 3 is 3.04 bits per heavy atom. The molecule has 3 heterocycles. The number of likely N-dealkylation sites (tertiary alicyclic amines) is 1. The van der Waals surface area contributed by atoms with Gasteiger partial charge >= 0.3 is 6.03 Å². The molecule has 4 rings (SSSR count). The number of ether oxygens (including phenoxy) is 1. The Morgan fingerprint density at radius 2 is 2.29 bits per heavy atom. The summed E-state index contributed by atoms with van der Waals surface area (Å²) in [6.07, 6.45) is 5.24. The fraction of sp³-hybridized carbons (Fsp3) is 0.722. The van der Waals surface area contributed by atoms with Crippen molar-refractivity contribution >= 4 is 6.03 Å². The predicted octanol–water partition coefficient (Wildman–Crippen LogP) is 1.92. The number of likely N-dealkylation sites (N-methyl/N-ethyl adjacent to an activating group) is 1. The number of rotatable bonds is 5. The Hall–Kier alpha value is -1.53. The van der Waals surface area contributed by atoms with Crippen LogP contribution in [0.5, 0.6) is 0 Å². The molecule has 2 aliphatic heterocycles. The third kappa shape index (κ3) is 3.59. The van der Waals surface area contributed by atoms with Gasteiger partial charge in [-0.25, -0.2) is 4.79 Å². The van der Waals surface area contributed by atoms with E-state index < -0.39 is 0 Å². The van der Waals surface area contributed by atoms with Gasteiger partial charge in [-0.15, -0.1) is 0 Å². The van der Waals surface area contributed by atoms with Crippen molar-refractivity contribution in [3.05, 3.63) is 24.2 Å². The molecule has 0 aromatic carbocycles. The van der Waals surface area contributed by atoms with Crippen LogP contribution in [0.15, 0.2) is 22.8 Å². The number of amides is 2. The summed E-state index contributed by atoms with van der Waals surface area (Å²) in [4.78, 5) is 16.6. The highest BCUT2D eigenvalue weighted by Crippen LogP contribution is 2.35. The molecule has 0 radical (unpaired) electrons. The van der Waals surface area contributed by atoms with Crippen LogP contribution >= 0.6 is 0 Å². The van der Waals surface area contributed by atoms with Crippen molar-refractivity contribution < 1.29 is 13.9 Å². The van der Waals surface area contributed by atoms with Gasteiger partial charge in [0.1, 0.15) is 5.76 Å². The van der Waals surface area contributed by atoms with E-state index in [0.29, 0.717) is 17.9 Å². The van der Waals surface area contributed by atoms with Crippen LogP contribution in [-0.4, -0.2) is 61.3 Å². The molecule has 6 nitrogen and oxygen atoms in total. The molecule has 3 aliphatic rings.